The molecular weight excluding hydrogens is 232 g/mol. The molecule has 0 aliphatic carbocycles. The molecule has 0 fully saturated rings. The number of hydrogen-bond acceptors (Lipinski definition) is 4. The molecule has 0 aliphatic heterocycles. The van der Waals surface area contributed by atoms with Gasteiger partial charge in [0, 0.05) is 25.2 Å². The number of aryl methyl sites for hydroxylation is 1. The van der Waals surface area contributed by atoms with E-state index in [1.54, 1.807) is 6.92 Å². The molecule has 1 heterocycles. The van der Waals surface area contributed by atoms with Crippen LogP contribution in [0.3, 0.4) is 0 Å². The lowest BCUT2D eigenvalue weighted by atomic mass is 10.3. The Hall–Kier alpha value is -1.98. The second-order valence-electron chi connectivity index (χ2n) is 4.27. The van der Waals surface area contributed by atoms with E-state index >= 15 is 0 Å². The predicted molar refractivity (Wildman–Crippen MR) is 67.0 cm³/mol. The number of rotatable bonds is 5. The SMILES string of the molecule is Cc1cnc(C(=O)NCCC(=O)NC(C)C)cn1. The molecule has 1 aromatic rings. The van der Waals surface area contributed by atoms with Crippen molar-refractivity contribution in [3.63, 3.8) is 0 Å². The third kappa shape index (κ3) is 4.90. The molecule has 0 spiro atoms. The minimum Gasteiger partial charge on any atom is -0.354 e. The number of hydrogen-bond donors (Lipinski definition) is 2. The highest BCUT2D eigenvalue weighted by Gasteiger charge is 2.08. The molecule has 0 saturated heterocycles. The molecule has 98 valence electrons. The Balaban J connectivity index is 2.33. The van der Waals surface area contributed by atoms with E-state index in [1.165, 1.54) is 12.4 Å². The van der Waals surface area contributed by atoms with Gasteiger partial charge in [0.1, 0.15) is 5.69 Å². The van der Waals surface area contributed by atoms with Crippen molar-refractivity contribution in [3.8, 4) is 0 Å². The first-order valence-corrected chi connectivity index (χ1v) is 5.85. The van der Waals surface area contributed by atoms with Gasteiger partial charge in [-0.2, -0.15) is 0 Å². The van der Waals surface area contributed by atoms with Crippen LogP contribution in [-0.4, -0.2) is 34.4 Å². The van der Waals surface area contributed by atoms with Gasteiger partial charge in [-0.25, -0.2) is 4.98 Å². The van der Waals surface area contributed by atoms with E-state index in [2.05, 4.69) is 20.6 Å². The first-order valence-electron chi connectivity index (χ1n) is 5.85. The van der Waals surface area contributed by atoms with Crippen LogP contribution in [0.4, 0.5) is 0 Å². The van der Waals surface area contributed by atoms with Gasteiger partial charge in [0.05, 0.1) is 11.9 Å². The fraction of sp³-hybridized carbons (Fsp3) is 0.500. The summed E-state index contributed by atoms with van der Waals surface area (Å²) in [6.45, 7) is 5.86. The summed E-state index contributed by atoms with van der Waals surface area (Å²) in [6, 6.07) is 0.108. The smallest absolute Gasteiger partial charge is 0.271 e. The molecule has 0 aliphatic rings. The molecule has 0 atom stereocenters. The Labute approximate surface area is 106 Å². The second-order valence-corrected chi connectivity index (χ2v) is 4.27. The van der Waals surface area contributed by atoms with Crippen molar-refractivity contribution in [3.05, 3.63) is 23.8 Å². The average Bonchev–Trinajstić information content (AvgIpc) is 2.28. The minimum atomic E-state index is -0.320. The summed E-state index contributed by atoms with van der Waals surface area (Å²) in [6.07, 6.45) is 3.20. The van der Waals surface area contributed by atoms with Gasteiger partial charge in [-0.05, 0) is 20.8 Å². The van der Waals surface area contributed by atoms with Crippen molar-refractivity contribution in [2.24, 2.45) is 0 Å². The minimum absolute atomic E-state index is 0.0831. The lowest BCUT2D eigenvalue weighted by Gasteiger charge is -2.08. The fourth-order valence-electron chi connectivity index (χ4n) is 1.28. The first kappa shape index (κ1) is 14.1. The third-order valence-corrected chi connectivity index (χ3v) is 2.10. The highest BCUT2D eigenvalue weighted by molar-refractivity contribution is 5.92. The van der Waals surface area contributed by atoms with Gasteiger partial charge in [0.25, 0.3) is 5.91 Å². The summed E-state index contributed by atoms with van der Waals surface area (Å²) in [4.78, 5) is 30.9. The number of amides is 2. The van der Waals surface area contributed by atoms with Crippen molar-refractivity contribution in [2.75, 3.05) is 6.54 Å². The molecule has 0 unspecified atom stereocenters. The van der Waals surface area contributed by atoms with Crippen LogP contribution in [-0.2, 0) is 4.79 Å². The molecule has 6 heteroatoms. The zero-order valence-electron chi connectivity index (χ0n) is 10.9. The highest BCUT2D eigenvalue weighted by atomic mass is 16.2. The Bertz CT molecular complexity index is 415. The van der Waals surface area contributed by atoms with Crippen LogP contribution in [0.15, 0.2) is 12.4 Å². The summed E-state index contributed by atoms with van der Waals surface area (Å²) >= 11 is 0. The molecule has 0 radical (unpaired) electrons. The van der Waals surface area contributed by atoms with Gasteiger partial charge >= 0.3 is 0 Å². The van der Waals surface area contributed by atoms with Crippen LogP contribution < -0.4 is 10.6 Å². The van der Waals surface area contributed by atoms with Gasteiger partial charge in [-0.1, -0.05) is 0 Å². The molecule has 1 rings (SSSR count). The maximum atomic E-state index is 11.6. The molecular formula is C12H18N4O2. The summed E-state index contributed by atoms with van der Waals surface area (Å²) in [5.41, 5.74) is 1.01. The van der Waals surface area contributed by atoms with Crippen molar-refractivity contribution >= 4 is 11.8 Å². The molecule has 0 bridgehead atoms. The second kappa shape index (κ2) is 6.68. The van der Waals surface area contributed by atoms with E-state index in [0.29, 0.717) is 0 Å². The number of nitrogens with zero attached hydrogens (tertiary/aromatic N) is 2. The van der Waals surface area contributed by atoms with Crippen LogP contribution in [0.2, 0.25) is 0 Å². The van der Waals surface area contributed by atoms with Gasteiger partial charge in [0.15, 0.2) is 0 Å². The van der Waals surface area contributed by atoms with Crippen LogP contribution in [0, 0.1) is 6.92 Å². The third-order valence-electron chi connectivity index (χ3n) is 2.10. The first-order chi connectivity index (χ1) is 8.49. The zero-order chi connectivity index (χ0) is 13.5. The highest BCUT2D eigenvalue weighted by Crippen LogP contribution is 1.94. The van der Waals surface area contributed by atoms with E-state index in [0.717, 1.165) is 5.69 Å². The van der Waals surface area contributed by atoms with Crippen molar-refractivity contribution in [2.45, 2.75) is 33.2 Å². The van der Waals surface area contributed by atoms with Crippen LogP contribution in [0.5, 0.6) is 0 Å². The summed E-state index contributed by atoms with van der Waals surface area (Å²) in [5.74, 6) is -0.403. The van der Waals surface area contributed by atoms with Crippen LogP contribution in [0.1, 0.15) is 36.5 Å². The van der Waals surface area contributed by atoms with Crippen molar-refractivity contribution < 1.29 is 9.59 Å². The molecule has 2 N–H and O–H groups in total. The average molecular weight is 250 g/mol. The molecule has 18 heavy (non-hydrogen) atoms. The summed E-state index contributed by atoms with van der Waals surface area (Å²) in [7, 11) is 0. The number of nitrogens with one attached hydrogen (secondary N) is 2. The quantitative estimate of drug-likeness (QED) is 0.793. The summed E-state index contributed by atoms with van der Waals surface area (Å²) < 4.78 is 0. The number of carbonyl (C=O) groups is 2. The largest absolute Gasteiger partial charge is 0.354 e. The van der Waals surface area contributed by atoms with E-state index in [9.17, 15) is 9.59 Å². The molecule has 2 amide bonds. The molecule has 1 aromatic heterocycles. The standard InChI is InChI=1S/C12H18N4O2/c1-8(2)16-11(17)4-5-13-12(18)10-7-14-9(3)6-15-10/h6-8H,4-5H2,1-3H3,(H,13,18)(H,16,17). The molecule has 6 nitrogen and oxygen atoms in total. The number of aromatic nitrogens is 2. The van der Waals surface area contributed by atoms with E-state index in [4.69, 9.17) is 0 Å². The molecule has 0 aromatic carbocycles. The Morgan fingerprint density at radius 3 is 2.56 bits per heavy atom. The molecule has 0 saturated carbocycles. The van der Waals surface area contributed by atoms with E-state index < -0.39 is 0 Å². The fourth-order valence-corrected chi connectivity index (χ4v) is 1.28. The predicted octanol–water partition coefficient (Wildman–Crippen LogP) is 0.430. The lowest BCUT2D eigenvalue weighted by molar-refractivity contribution is -0.121. The van der Waals surface area contributed by atoms with Gasteiger partial charge < -0.3 is 10.6 Å². The van der Waals surface area contributed by atoms with Gasteiger partial charge in [-0.3, -0.25) is 14.6 Å². The maximum absolute atomic E-state index is 11.6. The van der Waals surface area contributed by atoms with Gasteiger partial charge in [-0.15, -0.1) is 0 Å². The lowest BCUT2D eigenvalue weighted by Crippen LogP contribution is -2.34. The van der Waals surface area contributed by atoms with Gasteiger partial charge in [0.2, 0.25) is 5.91 Å². The summed E-state index contributed by atoms with van der Waals surface area (Å²) in [5, 5.41) is 5.37. The van der Waals surface area contributed by atoms with Crippen molar-refractivity contribution in [1.29, 1.82) is 0 Å². The Kier molecular flexibility index (Phi) is 5.23. The Morgan fingerprint density at radius 2 is 2.00 bits per heavy atom. The maximum Gasteiger partial charge on any atom is 0.271 e. The van der Waals surface area contributed by atoms with Crippen molar-refractivity contribution in [1.82, 2.24) is 20.6 Å². The zero-order valence-corrected chi connectivity index (χ0v) is 10.9. The topological polar surface area (TPSA) is 84.0 Å². The monoisotopic (exact) mass is 250 g/mol. The number of carbonyl (C=O) groups excluding carboxylic acids is 2. The van der Waals surface area contributed by atoms with E-state index in [-0.39, 0.29) is 36.5 Å². The normalized spacial score (nSPS) is 10.2. The van der Waals surface area contributed by atoms with Crippen LogP contribution >= 0.6 is 0 Å². The Morgan fingerprint density at radius 1 is 1.28 bits per heavy atom. The van der Waals surface area contributed by atoms with E-state index in [1.807, 2.05) is 13.8 Å². The van der Waals surface area contributed by atoms with Crippen LogP contribution in [0.25, 0.3) is 0 Å².